The molecule has 0 aliphatic carbocycles. The lowest BCUT2D eigenvalue weighted by Crippen LogP contribution is -2.34. The predicted molar refractivity (Wildman–Crippen MR) is 70.5 cm³/mol. The second-order valence-electron chi connectivity index (χ2n) is 4.71. The third kappa shape index (κ3) is 5.50. The first-order valence-corrected chi connectivity index (χ1v) is 6.15. The van der Waals surface area contributed by atoms with Gasteiger partial charge in [-0.2, -0.15) is 0 Å². The molecule has 1 aromatic rings. The van der Waals surface area contributed by atoms with Gasteiger partial charge in [0.05, 0.1) is 0 Å². The molecule has 2 N–H and O–H groups in total. The summed E-state index contributed by atoms with van der Waals surface area (Å²) in [7, 11) is 1.69. The van der Waals surface area contributed by atoms with Crippen LogP contribution < -0.4 is 10.9 Å². The molecular weight excluding hydrogens is 212 g/mol. The van der Waals surface area contributed by atoms with E-state index in [1.54, 1.807) is 7.05 Å². The molecule has 0 spiro atoms. The van der Waals surface area contributed by atoms with Gasteiger partial charge in [-0.05, 0) is 29.9 Å². The Bertz CT molecular complexity index is 344. The molecule has 3 nitrogen and oxygen atoms in total. The first kappa shape index (κ1) is 13.7. The van der Waals surface area contributed by atoms with Crippen molar-refractivity contribution in [1.82, 2.24) is 10.9 Å². The van der Waals surface area contributed by atoms with Crippen LogP contribution in [0.3, 0.4) is 0 Å². The smallest absolute Gasteiger partial charge is 0.234 e. The lowest BCUT2D eigenvalue weighted by molar-refractivity contribution is -0.121. The summed E-state index contributed by atoms with van der Waals surface area (Å²) in [5.41, 5.74) is 7.78. The lowest BCUT2D eigenvalue weighted by atomic mass is 10.0. The Morgan fingerprint density at radius 3 is 2.29 bits per heavy atom. The molecule has 0 aromatic heterocycles. The van der Waals surface area contributed by atoms with E-state index in [2.05, 4.69) is 49.0 Å². The molecule has 0 atom stereocenters. The Labute approximate surface area is 104 Å². The monoisotopic (exact) mass is 234 g/mol. The van der Waals surface area contributed by atoms with Crippen LogP contribution in [0.25, 0.3) is 0 Å². The van der Waals surface area contributed by atoms with E-state index in [0.717, 1.165) is 12.8 Å². The van der Waals surface area contributed by atoms with Gasteiger partial charge in [-0.3, -0.25) is 10.2 Å². The van der Waals surface area contributed by atoms with Crippen LogP contribution in [-0.2, 0) is 17.6 Å². The van der Waals surface area contributed by atoms with Gasteiger partial charge in [0.2, 0.25) is 5.91 Å². The van der Waals surface area contributed by atoms with Gasteiger partial charge in [-0.15, -0.1) is 0 Å². The maximum Gasteiger partial charge on any atom is 0.234 e. The zero-order chi connectivity index (χ0) is 12.7. The fourth-order valence-corrected chi connectivity index (χ4v) is 1.77. The summed E-state index contributed by atoms with van der Waals surface area (Å²) in [5, 5.41) is 0. The highest BCUT2D eigenvalue weighted by Gasteiger charge is 2.02. The van der Waals surface area contributed by atoms with E-state index in [1.807, 2.05) is 0 Å². The molecule has 0 aliphatic rings. The van der Waals surface area contributed by atoms with Gasteiger partial charge in [0.15, 0.2) is 0 Å². The summed E-state index contributed by atoms with van der Waals surface area (Å²) < 4.78 is 0. The van der Waals surface area contributed by atoms with E-state index < -0.39 is 0 Å². The van der Waals surface area contributed by atoms with Gasteiger partial charge >= 0.3 is 0 Å². The molecule has 0 bridgehead atoms. The maximum atomic E-state index is 11.3. The van der Waals surface area contributed by atoms with Gasteiger partial charge in [-0.25, -0.2) is 5.43 Å². The van der Waals surface area contributed by atoms with Gasteiger partial charge in [-0.1, -0.05) is 38.1 Å². The van der Waals surface area contributed by atoms with E-state index in [9.17, 15) is 4.79 Å². The molecule has 0 aliphatic heterocycles. The van der Waals surface area contributed by atoms with E-state index in [1.165, 1.54) is 11.1 Å². The van der Waals surface area contributed by atoms with Gasteiger partial charge in [0.25, 0.3) is 0 Å². The molecule has 1 amide bonds. The third-order valence-electron chi connectivity index (χ3n) is 2.57. The van der Waals surface area contributed by atoms with Crippen molar-refractivity contribution < 1.29 is 4.79 Å². The average Bonchev–Trinajstić information content (AvgIpc) is 2.28. The number of aryl methyl sites for hydroxylation is 1. The molecular formula is C14H22N2O. The fourth-order valence-electron chi connectivity index (χ4n) is 1.77. The van der Waals surface area contributed by atoms with Crippen molar-refractivity contribution in [3.05, 3.63) is 35.4 Å². The van der Waals surface area contributed by atoms with Crippen LogP contribution in [0.15, 0.2) is 24.3 Å². The van der Waals surface area contributed by atoms with Crippen molar-refractivity contribution in [2.24, 2.45) is 5.92 Å². The quantitative estimate of drug-likeness (QED) is 0.740. The fraction of sp³-hybridized carbons (Fsp3) is 0.500. The minimum Gasteiger partial charge on any atom is -0.292 e. The number of carbonyl (C=O) groups is 1. The Balaban J connectivity index is 2.42. The molecule has 3 heteroatoms. The second-order valence-corrected chi connectivity index (χ2v) is 4.71. The summed E-state index contributed by atoms with van der Waals surface area (Å²) in [4.78, 5) is 11.3. The highest BCUT2D eigenvalue weighted by molar-refractivity contribution is 5.75. The van der Waals surface area contributed by atoms with Gasteiger partial charge in [0.1, 0.15) is 0 Å². The molecule has 0 saturated heterocycles. The minimum absolute atomic E-state index is 0.0266. The van der Waals surface area contributed by atoms with Crippen molar-refractivity contribution in [2.45, 2.75) is 33.1 Å². The highest BCUT2D eigenvalue weighted by atomic mass is 16.2. The van der Waals surface area contributed by atoms with Crippen molar-refractivity contribution in [3.63, 3.8) is 0 Å². The van der Waals surface area contributed by atoms with Crippen LogP contribution in [0.5, 0.6) is 0 Å². The number of hydrogen-bond donors (Lipinski definition) is 2. The summed E-state index contributed by atoms with van der Waals surface area (Å²) >= 11 is 0. The minimum atomic E-state index is 0.0266. The van der Waals surface area contributed by atoms with E-state index in [4.69, 9.17) is 0 Å². The Kier molecular flexibility index (Phi) is 5.70. The van der Waals surface area contributed by atoms with Crippen molar-refractivity contribution in [2.75, 3.05) is 7.05 Å². The van der Waals surface area contributed by atoms with Gasteiger partial charge < -0.3 is 0 Å². The number of rotatable bonds is 6. The van der Waals surface area contributed by atoms with Crippen molar-refractivity contribution in [1.29, 1.82) is 0 Å². The van der Waals surface area contributed by atoms with Gasteiger partial charge in [0, 0.05) is 13.5 Å². The molecule has 1 aromatic carbocycles. The summed E-state index contributed by atoms with van der Waals surface area (Å²) in [5.74, 6) is 0.709. The highest BCUT2D eigenvalue weighted by Crippen LogP contribution is 2.10. The predicted octanol–water partition coefficient (Wildman–Crippen LogP) is 2.07. The molecule has 0 fully saturated rings. The standard InChI is InChI=1S/C14H22N2O/c1-11(2)10-13-6-4-12(5-7-13)8-9-14(17)16-15-3/h4-7,11,15H,8-10H2,1-3H3,(H,16,17). The number of amides is 1. The Hall–Kier alpha value is -1.35. The maximum absolute atomic E-state index is 11.3. The molecule has 17 heavy (non-hydrogen) atoms. The van der Waals surface area contributed by atoms with Crippen molar-refractivity contribution >= 4 is 5.91 Å². The number of carbonyl (C=O) groups excluding carboxylic acids is 1. The number of hydrazine groups is 1. The molecule has 94 valence electrons. The first-order chi connectivity index (χ1) is 8.11. The largest absolute Gasteiger partial charge is 0.292 e. The zero-order valence-electron chi connectivity index (χ0n) is 10.9. The van der Waals surface area contributed by atoms with E-state index in [0.29, 0.717) is 12.3 Å². The lowest BCUT2D eigenvalue weighted by Gasteiger charge is -2.06. The topological polar surface area (TPSA) is 41.1 Å². The summed E-state index contributed by atoms with van der Waals surface area (Å²) in [6.07, 6.45) is 2.42. The molecule has 0 saturated carbocycles. The zero-order valence-corrected chi connectivity index (χ0v) is 10.9. The SMILES string of the molecule is CNNC(=O)CCc1ccc(CC(C)C)cc1. The van der Waals surface area contributed by atoms with Crippen LogP contribution in [0, 0.1) is 5.92 Å². The van der Waals surface area contributed by atoms with Crippen LogP contribution in [0.2, 0.25) is 0 Å². The third-order valence-corrected chi connectivity index (χ3v) is 2.57. The molecule has 1 rings (SSSR count). The summed E-state index contributed by atoms with van der Waals surface area (Å²) in [6, 6.07) is 8.55. The van der Waals surface area contributed by atoms with Crippen LogP contribution in [0.4, 0.5) is 0 Å². The summed E-state index contributed by atoms with van der Waals surface area (Å²) in [6.45, 7) is 4.44. The average molecular weight is 234 g/mol. The van der Waals surface area contributed by atoms with E-state index in [-0.39, 0.29) is 5.91 Å². The Morgan fingerprint density at radius 1 is 1.18 bits per heavy atom. The Morgan fingerprint density at radius 2 is 1.76 bits per heavy atom. The molecule has 0 radical (unpaired) electrons. The number of benzene rings is 1. The second kappa shape index (κ2) is 7.07. The first-order valence-electron chi connectivity index (χ1n) is 6.15. The van der Waals surface area contributed by atoms with Crippen LogP contribution in [0.1, 0.15) is 31.4 Å². The van der Waals surface area contributed by atoms with Crippen molar-refractivity contribution in [3.8, 4) is 0 Å². The van der Waals surface area contributed by atoms with Crippen LogP contribution in [-0.4, -0.2) is 13.0 Å². The normalized spacial score (nSPS) is 10.6. The molecule has 0 heterocycles. The molecule has 0 unspecified atom stereocenters. The van der Waals surface area contributed by atoms with E-state index >= 15 is 0 Å². The number of hydrogen-bond acceptors (Lipinski definition) is 2. The van der Waals surface area contributed by atoms with Crippen LogP contribution >= 0.6 is 0 Å². The number of nitrogens with one attached hydrogen (secondary N) is 2.